The van der Waals surface area contributed by atoms with Crippen LogP contribution in [0.25, 0.3) is 0 Å². The molecule has 0 aliphatic rings. The monoisotopic (exact) mass is 260 g/mol. The topological polar surface area (TPSA) is 55.7 Å². The molecule has 0 fully saturated rings. The molecule has 0 aromatic carbocycles. The Bertz CT molecular complexity index is 169. The van der Waals surface area contributed by atoms with Crippen LogP contribution in [-0.2, 0) is 0 Å². The third kappa shape index (κ3) is 8.86. The molecular weight excluding hydrogens is 228 g/mol. The second kappa shape index (κ2) is 11.9. The number of likely N-dealkylation sites (N-methyl/N-ethyl adjacent to an activating group) is 1. The smallest absolute Gasteiger partial charge is 0.0791 e. The number of nitrogens with one attached hydrogen (secondary N) is 1. The van der Waals surface area contributed by atoms with Gasteiger partial charge in [0.1, 0.15) is 0 Å². The average Bonchev–Trinajstić information content (AvgIpc) is 2.36. The van der Waals surface area contributed by atoms with Crippen LogP contribution in [0.1, 0.15) is 40.0 Å². The van der Waals surface area contributed by atoms with Crippen LogP contribution in [0.2, 0.25) is 0 Å². The lowest BCUT2D eigenvalue weighted by Gasteiger charge is -2.23. The molecule has 0 saturated carbocycles. The van der Waals surface area contributed by atoms with Crippen molar-refractivity contribution >= 4 is 0 Å². The molecule has 4 heteroatoms. The van der Waals surface area contributed by atoms with Gasteiger partial charge in [0, 0.05) is 19.7 Å². The summed E-state index contributed by atoms with van der Waals surface area (Å²) in [4.78, 5) is 2.23. The molecule has 0 aliphatic heterocycles. The first kappa shape index (κ1) is 17.8. The molecule has 0 amide bonds. The van der Waals surface area contributed by atoms with Gasteiger partial charge in [-0.1, -0.05) is 27.2 Å². The summed E-state index contributed by atoms with van der Waals surface area (Å²) in [7, 11) is 0. The fourth-order valence-electron chi connectivity index (χ4n) is 2.24. The third-order valence-corrected chi connectivity index (χ3v) is 3.41. The molecule has 0 radical (unpaired) electrons. The van der Waals surface area contributed by atoms with Gasteiger partial charge in [0.15, 0.2) is 0 Å². The van der Waals surface area contributed by atoms with Crippen molar-refractivity contribution in [1.29, 1.82) is 0 Å². The van der Waals surface area contributed by atoms with E-state index in [1.54, 1.807) is 0 Å². The van der Waals surface area contributed by atoms with Gasteiger partial charge in [0.25, 0.3) is 0 Å². The van der Waals surface area contributed by atoms with Crippen LogP contribution in [0.15, 0.2) is 0 Å². The van der Waals surface area contributed by atoms with Gasteiger partial charge >= 0.3 is 0 Å². The summed E-state index contributed by atoms with van der Waals surface area (Å²) >= 11 is 0. The highest BCUT2D eigenvalue weighted by Crippen LogP contribution is 2.09. The van der Waals surface area contributed by atoms with E-state index >= 15 is 0 Å². The van der Waals surface area contributed by atoms with Crippen LogP contribution in [0.5, 0.6) is 0 Å². The van der Waals surface area contributed by atoms with Gasteiger partial charge in [-0.05, 0) is 38.4 Å². The van der Waals surface area contributed by atoms with Gasteiger partial charge in [-0.2, -0.15) is 0 Å². The van der Waals surface area contributed by atoms with Crippen molar-refractivity contribution in [3.63, 3.8) is 0 Å². The maximum absolute atomic E-state index is 9.90. The number of hydrogen-bond acceptors (Lipinski definition) is 4. The van der Waals surface area contributed by atoms with E-state index in [0.717, 1.165) is 45.4 Å². The maximum atomic E-state index is 9.90. The minimum Gasteiger partial charge on any atom is -0.396 e. The van der Waals surface area contributed by atoms with Gasteiger partial charge in [0.05, 0.1) is 6.10 Å². The van der Waals surface area contributed by atoms with E-state index < -0.39 is 0 Å². The molecule has 0 aromatic heterocycles. The number of hydrogen-bond donors (Lipinski definition) is 3. The third-order valence-electron chi connectivity index (χ3n) is 3.41. The van der Waals surface area contributed by atoms with Crippen molar-refractivity contribution in [3.05, 3.63) is 0 Å². The lowest BCUT2D eigenvalue weighted by molar-refractivity contribution is 0.115. The summed E-state index contributed by atoms with van der Waals surface area (Å²) in [5.74, 6) is 0.528. The predicted molar refractivity (Wildman–Crippen MR) is 76.8 cm³/mol. The fourth-order valence-corrected chi connectivity index (χ4v) is 2.24. The quantitative estimate of drug-likeness (QED) is 0.491. The molecule has 110 valence electrons. The van der Waals surface area contributed by atoms with E-state index in [1.165, 1.54) is 0 Å². The molecule has 0 spiro atoms. The first-order valence-corrected chi connectivity index (χ1v) is 7.39. The Hall–Kier alpha value is -0.160. The lowest BCUT2D eigenvalue weighted by Crippen LogP contribution is -2.39. The molecule has 0 bridgehead atoms. The Labute approximate surface area is 112 Å². The molecule has 0 saturated heterocycles. The zero-order valence-electron chi connectivity index (χ0n) is 12.4. The van der Waals surface area contributed by atoms with Gasteiger partial charge in [-0.3, -0.25) is 0 Å². The van der Waals surface area contributed by atoms with E-state index in [0.29, 0.717) is 12.5 Å². The molecule has 4 nitrogen and oxygen atoms in total. The zero-order chi connectivity index (χ0) is 13.8. The average molecular weight is 260 g/mol. The Morgan fingerprint density at radius 1 is 1.06 bits per heavy atom. The second-order valence-corrected chi connectivity index (χ2v) is 4.96. The number of rotatable bonds is 12. The van der Waals surface area contributed by atoms with Crippen molar-refractivity contribution in [2.45, 2.75) is 46.1 Å². The van der Waals surface area contributed by atoms with Crippen molar-refractivity contribution in [2.24, 2.45) is 5.92 Å². The van der Waals surface area contributed by atoms with Crippen LogP contribution in [0.3, 0.4) is 0 Å². The van der Waals surface area contributed by atoms with Gasteiger partial charge in [-0.15, -0.1) is 0 Å². The van der Waals surface area contributed by atoms with Crippen LogP contribution < -0.4 is 5.32 Å². The highest BCUT2D eigenvalue weighted by molar-refractivity contribution is 4.68. The van der Waals surface area contributed by atoms with Crippen LogP contribution >= 0.6 is 0 Å². The summed E-state index contributed by atoms with van der Waals surface area (Å²) in [5.41, 5.74) is 0. The highest BCUT2D eigenvalue weighted by Gasteiger charge is 2.10. The fraction of sp³-hybridized carbons (Fsp3) is 1.00. The van der Waals surface area contributed by atoms with Gasteiger partial charge < -0.3 is 20.4 Å². The molecular formula is C14H32N2O2. The highest BCUT2D eigenvalue weighted by atomic mass is 16.3. The van der Waals surface area contributed by atoms with Crippen molar-refractivity contribution < 1.29 is 10.2 Å². The van der Waals surface area contributed by atoms with Crippen molar-refractivity contribution in [3.8, 4) is 0 Å². The number of nitrogens with zero attached hydrogens (tertiary/aromatic N) is 1. The SMILES string of the molecule is CCCC(CCO)CNCC(O)CN(CC)CC. The molecule has 0 rings (SSSR count). The van der Waals surface area contributed by atoms with Crippen molar-refractivity contribution in [1.82, 2.24) is 10.2 Å². The van der Waals surface area contributed by atoms with Gasteiger partial charge in [0.2, 0.25) is 0 Å². The Morgan fingerprint density at radius 3 is 2.22 bits per heavy atom. The van der Waals surface area contributed by atoms with E-state index in [1.807, 2.05) is 0 Å². The molecule has 0 heterocycles. The Balaban J connectivity index is 3.72. The van der Waals surface area contributed by atoms with Crippen molar-refractivity contribution in [2.75, 3.05) is 39.3 Å². The molecule has 0 aliphatic carbocycles. The molecule has 18 heavy (non-hydrogen) atoms. The van der Waals surface area contributed by atoms with Crippen LogP contribution in [-0.4, -0.2) is 60.5 Å². The van der Waals surface area contributed by atoms with Gasteiger partial charge in [-0.25, -0.2) is 0 Å². The first-order chi connectivity index (χ1) is 8.67. The van der Waals surface area contributed by atoms with E-state index in [2.05, 4.69) is 31.0 Å². The summed E-state index contributed by atoms with van der Waals surface area (Å²) in [6.45, 7) is 10.9. The van der Waals surface area contributed by atoms with E-state index in [4.69, 9.17) is 5.11 Å². The predicted octanol–water partition coefficient (Wildman–Crippen LogP) is 1.08. The van der Waals surface area contributed by atoms with Crippen LogP contribution in [0.4, 0.5) is 0 Å². The van der Waals surface area contributed by atoms with Crippen LogP contribution in [0, 0.1) is 5.92 Å². The molecule has 2 atom stereocenters. The summed E-state index contributed by atoms with van der Waals surface area (Å²) < 4.78 is 0. The molecule has 2 unspecified atom stereocenters. The first-order valence-electron chi connectivity index (χ1n) is 7.39. The minimum atomic E-state index is -0.304. The zero-order valence-corrected chi connectivity index (χ0v) is 12.4. The standard InChI is InChI=1S/C14H32N2O2/c1-4-7-13(8-9-17)10-15-11-14(18)12-16(5-2)6-3/h13-15,17-18H,4-12H2,1-3H3. The summed E-state index contributed by atoms with van der Waals surface area (Å²) in [6, 6.07) is 0. The largest absolute Gasteiger partial charge is 0.396 e. The summed E-state index contributed by atoms with van der Waals surface area (Å²) in [6.07, 6.45) is 2.84. The normalized spacial score (nSPS) is 15.0. The maximum Gasteiger partial charge on any atom is 0.0791 e. The number of aliphatic hydroxyl groups is 2. The minimum absolute atomic E-state index is 0.258. The summed E-state index contributed by atoms with van der Waals surface area (Å²) in [5, 5.41) is 22.2. The lowest BCUT2D eigenvalue weighted by atomic mass is 10.0. The second-order valence-electron chi connectivity index (χ2n) is 4.96. The molecule has 0 aromatic rings. The Kier molecular flexibility index (Phi) is 11.8. The Morgan fingerprint density at radius 2 is 1.72 bits per heavy atom. The van der Waals surface area contributed by atoms with E-state index in [9.17, 15) is 5.11 Å². The van der Waals surface area contributed by atoms with E-state index in [-0.39, 0.29) is 12.7 Å². The number of aliphatic hydroxyl groups excluding tert-OH is 2. The molecule has 3 N–H and O–H groups in total.